The topological polar surface area (TPSA) is 46.6 Å². The molecule has 3 atom stereocenters. The fraction of sp³-hybridized carbons (Fsp3) is 0.360. The highest BCUT2D eigenvalue weighted by atomic mass is 16.5. The number of anilines is 1. The Morgan fingerprint density at radius 1 is 0.966 bits per heavy atom. The van der Waals surface area contributed by atoms with Crippen molar-refractivity contribution in [2.24, 2.45) is 11.3 Å². The third-order valence-electron chi connectivity index (χ3n) is 6.52. The molecule has 0 bridgehead atoms. The first kappa shape index (κ1) is 18.2. The van der Waals surface area contributed by atoms with E-state index < -0.39 is 12.0 Å². The fourth-order valence-electron chi connectivity index (χ4n) is 5.25. The Hall–Kier alpha value is -2.88. The minimum absolute atomic E-state index is 0.00624. The molecule has 1 aliphatic carbocycles. The number of fused-ring (bicyclic) bond motifs is 4. The number of carbonyl (C=O) groups excluding carboxylic acids is 2. The summed E-state index contributed by atoms with van der Waals surface area (Å²) in [6, 6.07) is 17.9. The maximum atomic E-state index is 13.5. The molecule has 2 heterocycles. The second-order valence-corrected chi connectivity index (χ2v) is 9.19. The van der Waals surface area contributed by atoms with E-state index in [1.165, 1.54) is 0 Å². The maximum absolute atomic E-state index is 13.5. The van der Waals surface area contributed by atoms with E-state index in [0.717, 1.165) is 28.1 Å². The van der Waals surface area contributed by atoms with Crippen LogP contribution in [0.2, 0.25) is 0 Å². The van der Waals surface area contributed by atoms with Gasteiger partial charge in [0.25, 0.3) is 0 Å². The van der Waals surface area contributed by atoms with Crippen LogP contribution in [0.5, 0.6) is 0 Å². The van der Waals surface area contributed by atoms with Crippen molar-refractivity contribution in [3.63, 3.8) is 0 Å². The van der Waals surface area contributed by atoms with E-state index in [2.05, 4.69) is 19.9 Å². The first-order valence-electron chi connectivity index (χ1n) is 10.2. The highest BCUT2D eigenvalue weighted by Crippen LogP contribution is 2.56. The molecule has 5 rings (SSSR count). The number of allylic oxidation sites excluding steroid dienone is 2. The monoisotopic (exact) mass is 387 g/mol. The van der Waals surface area contributed by atoms with Crippen LogP contribution < -0.4 is 4.90 Å². The lowest BCUT2D eigenvalue weighted by Gasteiger charge is -2.48. The van der Waals surface area contributed by atoms with Crippen LogP contribution in [-0.2, 0) is 14.3 Å². The fourth-order valence-corrected chi connectivity index (χ4v) is 5.25. The van der Waals surface area contributed by atoms with Gasteiger partial charge in [-0.05, 0) is 22.6 Å². The van der Waals surface area contributed by atoms with Gasteiger partial charge in [-0.2, -0.15) is 0 Å². The van der Waals surface area contributed by atoms with Crippen molar-refractivity contribution >= 4 is 17.4 Å². The number of rotatable bonds is 1. The van der Waals surface area contributed by atoms with Gasteiger partial charge >= 0.3 is 0 Å². The van der Waals surface area contributed by atoms with Crippen molar-refractivity contribution in [3.05, 3.63) is 77.1 Å². The third kappa shape index (κ3) is 2.73. The van der Waals surface area contributed by atoms with Crippen molar-refractivity contribution < 1.29 is 14.3 Å². The Labute approximate surface area is 171 Å². The summed E-state index contributed by atoms with van der Waals surface area (Å²) in [7, 11) is 1.81. The van der Waals surface area contributed by atoms with Gasteiger partial charge in [0.05, 0.1) is 5.92 Å². The minimum atomic E-state index is -0.443. The quantitative estimate of drug-likeness (QED) is 0.708. The van der Waals surface area contributed by atoms with Crippen LogP contribution >= 0.6 is 0 Å². The number of ketones is 1. The number of hydrogen-bond acceptors (Lipinski definition) is 3. The van der Waals surface area contributed by atoms with Gasteiger partial charge < -0.3 is 9.64 Å². The predicted molar refractivity (Wildman–Crippen MR) is 111 cm³/mol. The Morgan fingerprint density at radius 3 is 2.41 bits per heavy atom. The van der Waals surface area contributed by atoms with Gasteiger partial charge in [-0.15, -0.1) is 0 Å². The Morgan fingerprint density at radius 2 is 1.66 bits per heavy atom. The number of nitrogens with zero attached hydrogens (tertiary/aromatic N) is 1. The Balaban J connectivity index is 1.76. The number of carbonyl (C=O) groups is 2. The molecule has 3 aliphatic rings. The molecule has 0 N–H and O–H groups in total. The summed E-state index contributed by atoms with van der Waals surface area (Å²) in [6.45, 7) is 4.21. The highest BCUT2D eigenvalue weighted by molar-refractivity contribution is 6.05. The van der Waals surface area contributed by atoms with E-state index in [1.807, 2.05) is 55.6 Å². The minimum Gasteiger partial charge on any atom is -0.489 e. The van der Waals surface area contributed by atoms with Crippen LogP contribution in [0.1, 0.15) is 49.8 Å². The molecule has 2 aromatic rings. The van der Waals surface area contributed by atoms with Crippen molar-refractivity contribution in [2.45, 2.75) is 38.7 Å². The van der Waals surface area contributed by atoms with Gasteiger partial charge in [0.15, 0.2) is 5.78 Å². The Kier molecular flexibility index (Phi) is 3.95. The normalized spacial score (nSPS) is 27.7. The van der Waals surface area contributed by atoms with E-state index in [4.69, 9.17) is 4.74 Å². The van der Waals surface area contributed by atoms with Crippen molar-refractivity contribution in [3.8, 4) is 0 Å². The van der Waals surface area contributed by atoms with Gasteiger partial charge in [-0.25, -0.2) is 0 Å². The van der Waals surface area contributed by atoms with E-state index in [1.54, 1.807) is 4.90 Å². The smallest absolute Gasteiger partial charge is 0.234 e. The molecule has 3 unspecified atom stereocenters. The molecule has 4 heteroatoms. The van der Waals surface area contributed by atoms with E-state index >= 15 is 0 Å². The molecular formula is C25H25NO3. The lowest BCUT2D eigenvalue weighted by atomic mass is 9.64. The molecular weight excluding hydrogens is 362 g/mol. The zero-order valence-electron chi connectivity index (χ0n) is 17.0. The van der Waals surface area contributed by atoms with Gasteiger partial charge in [0.1, 0.15) is 11.9 Å². The number of benzene rings is 2. The molecule has 2 aromatic carbocycles. The van der Waals surface area contributed by atoms with Crippen molar-refractivity contribution in [1.82, 2.24) is 0 Å². The van der Waals surface area contributed by atoms with Crippen LogP contribution in [0, 0.1) is 11.3 Å². The van der Waals surface area contributed by atoms with Gasteiger partial charge in [-0.3, -0.25) is 9.59 Å². The van der Waals surface area contributed by atoms with E-state index in [0.29, 0.717) is 12.8 Å². The van der Waals surface area contributed by atoms with Crippen LogP contribution in [0.15, 0.2) is 65.9 Å². The molecule has 0 saturated carbocycles. The molecule has 0 fully saturated rings. The first-order valence-corrected chi connectivity index (χ1v) is 10.2. The van der Waals surface area contributed by atoms with E-state index in [-0.39, 0.29) is 23.0 Å². The van der Waals surface area contributed by atoms with Crippen molar-refractivity contribution in [1.29, 1.82) is 0 Å². The summed E-state index contributed by atoms with van der Waals surface area (Å²) in [5, 5.41) is 0. The highest BCUT2D eigenvalue weighted by Gasteiger charge is 2.53. The number of Topliss-reactive ketones (excluding diaryl/α,β-unsaturated/α-hetero) is 1. The molecule has 0 saturated heterocycles. The van der Waals surface area contributed by atoms with Crippen LogP contribution in [0.25, 0.3) is 0 Å². The molecule has 0 radical (unpaired) electrons. The van der Waals surface area contributed by atoms with Crippen molar-refractivity contribution in [2.75, 3.05) is 11.9 Å². The zero-order valence-corrected chi connectivity index (χ0v) is 17.0. The summed E-state index contributed by atoms with van der Waals surface area (Å²) in [5.74, 6) is 0.193. The van der Waals surface area contributed by atoms with Gasteiger partial charge in [-0.1, -0.05) is 62.4 Å². The van der Waals surface area contributed by atoms with Crippen LogP contribution in [0.3, 0.4) is 0 Å². The molecule has 1 amide bonds. The Bertz CT molecular complexity index is 1040. The summed E-state index contributed by atoms with van der Waals surface area (Å²) in [6.07, 6.45) is 0.804. The SMILES string of the molecule is CN1C(=O)C2C(c3ccccc3)OC3=C(C(=O)CC(C)(C)C3)C2c2ccccc21. The average Bonchev–Trinajstić information content (AvgIpc) is 2.70. The van der Waals surface area contributed by atoms with Gasteiger partial charge in [0, 0.05) is 37.1 Å². The predicted octanol–water partition coefficient (Wildman–Crippen LogP) is 4.78. The summed E-state index contributed by atoms with van der Waals surface area (Å²) < 4.78 is 6.50. The number of hydrogen-bond donors (Lipinski definition) is 0. The second kappa shape index (κ2) is 6.31. The molecule has 29 heavy (non-hydrogen) atoms. The lowest BCUT2D eigenvalue weighted by molar-refractivity contribution is -0.131. The number of para-hydroxylation sites is 1. The average molecular weight is 387 g/mol. The zero-order chi connectivity index (χ0) is 20.3. The largest absolute Gasteiger partial charge is 0.489 e. The first-order chi connectivity index (χ1) is 13.9. The summed E-state index contributed by atoms with van der Waals surface area (Å²) >= 11 is 0. The second-order valence-electron chi connectivity index (χ2n) is 9.19. The number of ether oxygens (including phenoxy) is 1. The molecule has 0 spiro atoms. The van der Waals surface area contributed by atoms with Gasteiger partial charge in [0.2, 0.25) is 5.91 Å². The van der Waals surface area contributed by atoms with E-state index in [9.17, 15) is 9.59 Å². The molecule has 0 aromatic heterocycles. The maximum Gasteiger partial charge on any atom is 0.234 e. The van der Waals surface area contributed by atoms with Crippen LogP contribution in [-0.4, -0.2) is 18.7 Å². The number of amides is 1. The summed E-state index contributed by atoms with van der Waals surface area (Å²) in [5.41, 5.74) is 3.49. The summed E-state index contributed by atoms with van der Waals surface area (Å²) in [4.78, 5) is 28.5. The standard InChI is InChI=1S/C25H25NO3/c1-25(2)13-18(27)21-19(14-25)29-23(15-9-5-4-6-10-15)22-20(21)16-11-7-8-12-17(16)26(3)24(22)28/h4-12,20,22-23H,13-14H2,1-3H3. The molecule has 2 aliphatic heterocycles. The third-order valence-corrected chi connectivity index (χ3v) is 6.52. The molecule has 148 valence electrons. The lowest BCUT2D eigenvalue weighted by Crippen LogP contribution is -2.48. The van der Waals surface area contributed by atoms with Crippen LogP contribution in [0.4, 0.5) is 5.69 Å². The molecule has 4 nitrogen and oxygen atoms in total.